The number of carbonyl (C=O) groups excluding carboxylic acids is 2. The van der Waals surface area contributed by atoms with Crippen molar-refractivity contribution in [3.63, 3.8) is 0 Å². The summed E-state index contributed by atoms with van der Waals surface area (Å²) in [5.74, 6) is 1.89. The van der Waals surface area contributed by atoms with E-state index in [-0.39, 0.29) is 11.6 Å². The molecule has 0 saturated heterocycles. The number of ether oxygens (including phenoxy) is 2. The molecule has 1 aliphatic rings. The molecule has 3 aromatic carbocycles. The summed E-state index contributed by atoms with van der Waals surface area (Å²) in [6, 6.07) is 24.6. The molecule has 4 nitrogen and oxygen atoms in total. The topological polar surface area (TPSA) is 52.6 Å². The van der Waals surface area contributed by atoms with Crippen LogP contribution < -0.4 is 9.47 Å². The molecule has 0 aliphatic heterocycles. The van der Waals surface area contributed by atoms with E-state index in [2.05, 4.69) is 0 Å². The second-order valence-corrected chi connectivity index (χ2v) is 7.60. The Bertz CT molecular complexity index is 1110. The Morgan fingerprint density at radius 3 is 1.94 bits per heavy atom. The summed E-state index contributed by atoms with van der Waals surface area (Å²) in [5, 5.41) is 0. The van der Waals surface area contributed by atoms with Gasteiger partial charge in [0, 0.05) is 11.5 Å². The van der Waals surface area contributed by atoms with Gasteiger partial charge in [-0.25, -0.2) is 0 Å². The van der Waals surface area contributed by atoms with E-state index in [0.29, 0.717) is 23.0 Å². The molecular formula is C29H28O4. The van der Waals surface area contributed by atoms with Gasteiger partial charge in [0.05, 0.1) is 14.2 Å². The van der Waals surface area contributed by atoms with Crippen LogP contribution >= 0.6 is 0 Å². The highest BCUT2D eigenvalue weighted by molar-refractivity contribution is 6.06. The lowest BCUT2D eigenvalue weighted by atomic mass is 10.1. The minimum atomic E-state index is -0.0274. The molecule has 33 heavy (non-hydrogen) atoms. The fourth-order valence-corrected chi connectivity index (χ4v) is 3.07. The predicted octanol–water partition coefficient (Wildman–Crippen LogP) is 6.28. The maximum atomic E-state index is 12.0. The van der Waals surface area contributed by atoms with E-state index in [1.54, 1.807) is 44.6 Å². The molecule has 3 aromatic rings. The second kappa shape index (κ2) is 12.2. The van der Waals surface area contributed by atoms with Crippen LogP contribution in [0.3, 0.4) is 0 Å². The number of rotatable bonds is 8. The van der Waals surface area contributed by atoms with Gasteiger partial charge >= 0.3 is 0 Å². The number of allylic oxidation sites excluding steroid dienone is 2. The molecule has 0 heterocycles. The molecule has 0 spiro atoms. The number of hydrogen-bond donors (Lipinski definition) is 0. The summed E-state index contributed by atoms with van der Waals surface area (Å²) in [7, 11) is 3.17. The highest BCUT2D eigenvalue weighted by Crippen LogP contribution is 2.30. The number of benzene rings is 3. The van der Waals surface area contributed by atoms with Crippen LogP contribution in [0.15, 0.2) is 91.0 Å². The summed E-state index contributed by atoms with van der Waals surface area (Å²) in [4.78, 5) is 23.2. The molecule has 4 heteroatoms. The lowest BCUT2D eigenvalue weighted by Crippen LogP contribution is -1.93. The number of methoxy groups -OCH3 is 2. The fraction of sp³-hybridized carbons (Fsp3) is 0.172. The van der Waals surface area contributed by atoms with Crippen molar-refractivity contribution in [3.05, 3.63) is 108 Å². The first-order valence-electron chi connectivity index (χ1n) is 10.9. The van der Waals surface area contributed by atoms with E-state index in [1.807, 2.05) is 72.8 Å². The van der Waals surface area contributed by atoms with Crippen LogP contribution in [0, 0.1) is 5.92 Å². The Kier molecular flexibility index (Phi) is 8.78. The zero-order valence-corrected chi connectivity index (χ0v) is 18.9. The number of hydrogen-bond acceptors (Lipinski definition) is 4. The summed E-state index contributed by atoms with van der Waals surface area (Å²) >= 11 is 0. The molecule has 4 rings (SSSR count). The Hall–Kier alpha value is -3.92. The number of ketones is 2. The van der Waals surface area contributed by atoms with Crippen LogP contribution in [0.25, 0.3) is 12.2 Å². The van der Waals surface area contributed by atoms with Gasteiger partial charge in [-0.2, -0.15) is 0 Å². The van der Waals surface area contributed by atoms with E-state index in [1.165, 1.54) is 0 Å². The zero-order chi connectivity index (χ0) is 23.5. The van der Waals surface area contributed by atoms with Crippen LogP contribution in [0.1, 0.15) is 34.3 Å². The average Bonchev–Trinajstić information content (AvgIpc) is 3.73. The van der Waals surface area contributed by atoms with Gasteiger partial charge in [-0.1, -0.05) is 78.9 Å². The average molecular weight is 441 g/mol. The molecule has 1 fully saturated rings. The highest BCUT2D eigenvalue weighted by Gasteiger charge is 2.27. The van der Waals surface area contributed by atoms with Gasteiger partial charge < -0.3 is 9.47 Å². The van der Waals surface area contributed by atoms with Crippen LogP contribution in [0.5, 0.6) is 11.5 Å². The van der Waals surface area contributed by atoms with Crippen molar-refractivity contribution in [2.45, 2.75) is 12.8 Å². The quantitative estimate of drug-likeness (QED) is 0.306. The van der Waals surface area contributed by atoms with Gasteiger partial charge in [0.15, 0.2) is 23.1 Å². The third-order valence-corrected chi connectivity index (χ3v) is 5.11. The third-order valence-electron chi connectivity index (χ3n) is 5.11. The fourth-order valence-electron chi connectivity index (χ4n) is 3.07. The van der Waals surface area contributed by atoms with Gasteiger partial charge in [-0.15, -0.1) is 0 Å². The minimum Gasteiger partial charge on any atom is -0.493 e. The normalized spacial score (nSPS) is 12.8. The molecule has 168 valence electrons. The van der Waals surface area contributed by atoms with Crippen molar-refractivity contribution >= 4 is 23.7 Å². The highest BCUT2D eigenvalue weighted by atomic mass is 16.5. The largest absolute Gasteiger partial charge is 0.493 e. The Morgan fingerprint density at radius 2 is 1.33 bits per heavy atom. The van der Waals surface area contributed by atoms with Gasteiger partial charge in [-0.3, -0.25) is 9.59 Å². The first-order chi connectivity index (χ1) is 16.1. The van der Waals surface area contributed by atoms with Crippen molar-refractivity contribution < 1.29 is 19.1 Å². The summed E-state index contributed by atoms with van der Waals surface area (Å²) in [6.07, 6.45) is 9.07. The minimum absolute atomic E-state index is 0.0274. The van der Waals surface area contributed by atoms with Crippen molar-refractivity contribution in [1.29, 1.82) is 0 Å². The smallest absolute Gasteiger partial charge is 0.185 e. The molecule has 0 aromatic heterocycles. The van der Waals surface area contributed by atoms with Gasteiger partial charge in [0.2, 0.25) is 0 Å². The van der Waals surface area contributed by atoms with Crippen LogP contribution in [0.2, 0.25) is 0 Å². The molecule has 0 atom stereocenters. The van der Waals surface area contributed by atoms with Crippen molar-refractivity contribution in [3.8, 4) is 11.5 Å². The van der Waals surface area contributed by atoms with E-state index < -0.39 is 0 Å². The van der Waals surface area contributed by atoms with Crippen LogP contribution in [-0.2, 0) is 4.79 Å². The van der Waals surface area contributed by atoms with Crippen molar-refractivity contribution in [2.75, 3.05) is 14.2 Å². The SMILES string of the molecule is COc1ccc(C=CC(=O)c2ccccc2)cc1OC.O=C(C=Cc1ccccc1)C1CC1. The Morgan fingerprint density at radius 1 is 0.727 bits per heavy atom. The van der Waals surface area contributed by atoms with E-state index in [0.717, 1.165) is 24.0 Å². The maximum absolute atomic E-state index is 12.0. The molecule has 1 saturated carbocycles. The molecular weight excluding hydrogens is 412 g/mol. The lowest BCUT2D eigenvalue weighted by Gasteiger charge is -2.07. The molecule has 0 radical (unpaired) electrons. The summed E-state index contributed by atoms with van der Waals surface area (Å²) in [6.45, 7) is 0. The van der Waals surface area contributed by atoms with Gasteiger partial charge in [0.1, 0.15) is 0 Å². The van der Waals surface area contributed by atoms with Gasteiger partial charge in [0.25, 0.3) is 0 Å². The maximum Gasteiger partial charge on any atom is 0.185 e. The zero-order valence-electron chi connectivity index (χ0n) is 18.9. The Balaban J connectivity index is 0.000000203. The number of carbonyl (C=O) groups is 2. The summed E-state index contributed by atoms with van der Waals surface area (Å²) in [5.41, 5.74) is 2.65. The molecule has 0 unspecified atom stereocenters. The van der Waals surface area contributed by atoms with E-state index in [4.69, 9.17) is 9.47 Å². The summed E-state index contributed by atoms with van der Waals surface area (Å²) < 4.78 is 10.4. The lowest BCUT2D eigenvalue weighted by molar-refractivity contribution is -0.115. The second-order valence-electron chi connectivity index (χ2n) is 7.60. The molecule has 0 bridgehead atoms. The van der Waals surface area contributed by atoms with E-state index in [9.17, 15) is 9.59 Å². The van der Waals surface area contributed by atoms with Crippen molar-refractivity contribution in [1.82, 2.24) is 0 Å². The van der Waals surface area contributed by atoms with Gasteiger partial charge in [-0.05, 0) is 48.3 Å². The van der Waals surface area contributed by atoms with Crippen LogP contribution in [-0.4, -0.2) is 25.8 Å². The van der Waals surface area contributed by atoms with Crippen LogP contribution in [0.4, 0.5) is 0 Å². The molecule has 1 aliphatic carbocycles. The molecule has 0 N–H and O–H groups in total. The Labute approximate surface area is 195 Å². The standard InChI is InChI=1S/C17H16O3.C12H12O/c1-19-16-11-9-13(12-17(16)20-2)8-10-15(18)14-6-4-3-5-7-14;13-12(11-7-8-11)9-6-10-4-2-1-3-5-10/h3-12H,1-2H3;1-6,9,11H,7-8H2. The van der Waals surface area contributed by atoms with Crippen molar-refractivity contribution in [2.24, 2.45) is 5.92 Å². The first kappa shape index (κ1) is 23.7. The predicted molar refractivity (Wildman–Crippen MR) is 133 cm³/mol. The first-order valence-corrected chi connectivity index (χ1v) is 10.9. The van der Waals surface area contributed by atoms with E-state index >= 15 is 0 Å². The molecule has 0 amide bonds. The third kappa shape index (κ3) is 7.62. The monoisotopic (exact) mass is 440 g/mol.